The van der Waals surface area contributed by atoms with Crippen LogP contribution in [0.25, 0.3) is 0 Å². The van der Waals surface area contributed by atoms with Crippen molar-refractivity contribution >= 4 is 52.5 Å². The van der Waals surface area contributed by atoms with Gasteiger partial charge in [-0.05, 0) is 67.4 Å². The van der Waals surface area contributed by atoms with Gasteiger partial charge in [0.2, 0.25) is 0 Å². The minimum atomic E-state index is -0.492. The summed E-state index contributed by atoms with van der Waals surface area (Å²) in [7, 11) is 0. The Hall–Kier alpha value is -3.55. The van der Waals surface area contributed by atoms with Gasteiger partial charge in [0.05, 0.1) is 17.9 Å². The highest BCUT2D eigenvalue weighted by atomic mass is 35.5. The third kappa shape index (κ3) is 5.42. The predicted octanol–water partition coefficient (Wildman–Crippen LogP) is 6.20. The van der Waals surface area contributed by atoms with Crippen molar-refractivity contribution in [3.05, 3.63) is 99.5 Å². The van der Waals surface area contributed by atoms with Gasteiger partial charge in [0.15, 0.2) is 0 Å². The lowest BCUT2D eigenvalue weighted by Crippen LogP contribution is -2.32. The summed E-state index contributed by atoms with van der Waals surface area (Å²) in [5.41, 5.74) is 2.38. The Kier molecular flexibility index (Phi) is 7.58. The van der Waals surface area contributed by atoms with Crippen LogP contribution in [-0.2, 0) is 14.3 Å². The molecule has 3 aromatic carbocycles. The number of thioether (sulfide) groups is 1. The molecule has 0 aliphatic carbocycles. The van der Waals surface area contributed by atoms with E-state index in [0.29, 0.717) is 28.6 Å². The van der Waals surface area contributed by atoms with E-state index in [1.165, 1.54) is 11.8 Å². The molecule has 0 saturated heterocycles. The smallest absolute Gasteiger partial charge is 0.338 e. The van der Waals surface area contributed by atoms with Gasteiger partial charge in [-0.1, -0.05) is 54.6 Å². The van der Waals surface area contributed by atoms with Gasteiger partial charge in [0.25, 0.3) is 11.8 Å². The highest BCUT2D eigenvalue weighted by Gasteiger charge is 2.40. The molecule has 0 saturated carbocycles. The second kappa shape index (κ2) is 10.8. The Morgan fingerprint density at radius 1 is 1.00 bits per heavy atom. The molecule has 35 heavy (non-hydrogen) atoms. The molecule has 0 fully saturated rings. The lowest BCUT2D eigenvalue weighted by Gasteiger charge is -2.16. The summed E-state index contributed by atoms with van der Waals surface area (Å²) in [6, 6.07) is 20.9. The number of imide groups is 1. The molecule has 1 heterocycles. The van der Waals surface area contributed by atoms with E-state index >= 15 is 0 Å². The summed E-state index contributed by atoms with van der Waals surface area (Å²) in [5.74, 6) is -1.39. The molecule has 2 amide bonds. The summed E-state index contributed by atoms with van der Waals surface area (Å²) in [5, 5.41) is 3.65. The van der Waals surface area contributed by atoms with Crippen LogP contribution in [0.2, 0.25) is 5.02 Å². The molecule has 1 aliphatic rings. The standard InChI is InChI=1S/C27H23ClN2O4S/c1-3-15-34-27(33)18-10-13-20(14-11-18)30-25(31)23(29-22-16-19(28)12-9-17(22)2)24(26(30)32)35-21-7-5-4-6-8-21/h4-14,16,29H,3,15H2,1-2H3. The van der Waals surface area contributed by atoms with Gasteiger partial charge in [-0.15, -0.1) is 0 Å². The van der Waals surface area contributed by atoms with E-state index in [9.17, 15) is 14.4 Å². The van der Waals surface area contributed by atoms with Crippen LogP contribution in [0.1, 0.15) is 29.3 Å². The average molecular weight is 507 g/mol. The zero-order valence-corrected chi connectivity index (χ0v) is 20.8. The second-order valence-corrected chi connectivity index (χ2v) is 9.35. The SMILES string of the molecule is CCCOC(=O)c1ccc(N2C(=O)C(Nc3cc(Cl)ccc3C)=C(Sc3ccccc3)C2=O)cc1. The first-order chi connectivity index (χ1) is 16.9. The van der Waals surface area contributed by atoms with Crippen LogP contribution in [0.5, 0.6) is 0 Å². The maximum Gasteiger partial charge on any atom is 0.338 e. The molecule has 0 unspecified atom stereocenters. The van der Waals surface area contributed by atoms with E-state index in [-0.39, 0.29) is 10.6 Å². The highest BCUT2D eigenvalue weighted by Crippen LogP contribution is 2.38. The molecular formula is C27H23ClN2O4S. The summed E-state index contributed by atoms with van der Waals surface area (Å²) < 4.78 is 5.15. The Balaban J connectivity index is 1.68. The van der Waals surface area contributed by atoms with Gasteiger partial charge < -0.3 is 10.1 Å². The van der Waals surface area contributed by atoms with Crippen LogP contribution in [0.4, 0.5) is 11.4 Å². The zero-order valence-electron chi connectivity index (χ0n) is 19.2. The Labute approximate surface area is 212 Å². The average Bonchev–Trinajstić information content (AvgIpc) is 3.09. The van der Waals surface area contributed by atoms with Crippen LogP contribution in [-0.4, -0.2) is 24.4 Å². The number of amides is 2. The molecule has 0 bridgehead atoms. The maximum atomic E-state index is 13.5. The number of carbonyl (C=O) groups excluding carboxylic acids is 3. The third-order valence-corrected chi connectivity index (χ3v) is 6.59. The van der Waals surface area contributed by atoms with Gasteiger partial charge in [0, 0.05) is 15.6 Å². The van der Waals surface area contributed by atoms with E-state index in [2.05, 4.69) is 5.32 Å². The number of halogens is 1. The fourth-order valence-corrected chi connectivity index (χ4v) is 4.56. The molecule has 0 spiro atoms. The van der Waals surface area contributed by atoms with E-state index in [1.54, 1.807) is 36.4 Å². The predicted molar refractivity (Wildman–Crippen MR) is 139 cm³/mol. The summed E-state index contributed by atoms with van der Waals surface area (Å²) in [4.78, 5) is 41.4. The Morgan fingerprint density at radius 3 is 2.40 bits per heavy atom. The minimum absolute atomic E-state index is 0.167. The van der Waals surface area contributed by atoms with Crippen LogP contribution in [0.15, 0.2) is 88.3 Å². The Bertz CT molecular complexity index is 1310. The molecule has 1 N–H and O–H groups in total. The molecule has 1 aliphatic heterocycles. The molecule has 8 heteroatoms. The highest BCUT2D eigenvalue weighted by molar-refractivity contribution is 8.04. The molecule has 0 atom stereocenters. The van der Waals surface area contributed by atoms with Crippen molar-refractivity contribution in [3.63, 3.8) is 0 Å². The fourth-order valence-electron chi connectivity index (χ4n) is 3.44. The lowest BCUT2D eigenvalue weighted by molar-refractivity contribution is -0.120. The van der Waals surface area contributed by atoms with Crippen LogP contribution >= 0.6 is 23.4 Å². The summed E-state index contributed by atoms with van der Waals surface area (Å²) >= 11 is 7.38. The quantitative estimate of drug-likeness (QED) is 0.289. The van der Waals surface area contributed by atoms with Crippen LogP contribution < -0.4 is 10.2 Å². The fraction of sp³-hybridized carbons (Fsp3) is 0.148. The van der Waals surface area contributed by atoms with Crippen molar-refractivity contribution in [1.29, 1.82) is 0 Å². The van der Waals surface area contributed by atoms with Gasteiger partial charge >= 0.3 is 5.97 Å². The largest absolute Gasteiger partial charge is 0.462 e. The molecular weight excluding hydrogens is 484 g/mol. The number of ether oxygens (including phenoxy) is 1. The van der Waals surface area contributed by atoms with Crippen molar-refractivity contribution in [3.8, 4) is 0 Å². The first-order valence-electron chi connectivity index (χ1n) is 11.1. The van der Waals surface area contributed by atoms with E-state index in [1.807, 2.05) is 50.2 Å². The third-order valence-electron chi connectivity index (χ3n) is 5.26. The number of benzene rings is 3. The van der Waals surface area contributed by atoms with Crippen molar-refractivity contribution in [2.75, 3.05) is 16.8 Å². The van der Waals surface area contributed by atoms with Crippen LogP contribution in [0, 0.1) is 6.92 Å². The number of anilines is 2. The molecule has 4 rings (SSSR count). The molecule has 0 aromatic heterocycles. The first-order valence-corrected chi connectivity index (χ1v) is 12.2. The number of hydrogen-bond acceptors (Lipinski definition) is 6. The molecule has 0 radical (unpaired) electrons. The van der Waals surface area contributed by atoms with Crippen molar-refractivity contribution in [2.45, 2.75) is 25.2 Å². The second-order valence-electron chi connectivity index (χ2n) is 7.83. The van der Waals surface area contributed by atoms with E-state index in [0.717, 1.165) is 21.8 Å². The van der Waals surface area contributed by atoms with Crippen molar-refractivity contribution < 1.29 is 19.1 Å². The number of nitrogens with zero attached hydrogens (tertiary/aromatic N) is 1. The zero-order chi connectivity index (χ0) is 24.9. The number of nitrogens with one attached hydrogen (secondary N) is 1. The first kappa shape index (κ1) is 24.6. The monoisotopic (exact) mass is 506 g/mol. The van der Waals surface area contributed by atoms with E-state index in [4.69, 9.17) is 16.3 Å². The van der Waals surface area contributed by atoms with Gasteiger partial charge in [-0.2, -0.15) is 0 Å². The van der Waals surface area contributed by atoms with E-state index < -0.39 is 17.8 Å². The minimum Gasteiger partial charge on any atom is -0.462 e. The number of carbonyl (C=O) groups is 3. The molecule has 3 aromatic rings. The summed E-state index contributed by atoms with van der Waals surface area (Å²) in [6.07, 6.45) is 0.718. The molecule has 6 nitrogen and oxygen atoms in total. The molecule has 178 valence electrons. The van der Waals surface area contributed by atoms with Gasteiger partial charge in [0.1, 0.15) is 10.6 Å². The van der Waals surface area contributed by atoms with Gasteiger partial charge in [-0.25, -0.2) is 9.69 Å². The van der Waals surface area contributed by atoms with Gasteiger partial charge in [-0.3, -0.25) is 9.59 Å². The van der Waals surface area contributed by atoms with Crippen molar-refractivity contribution in [2.24, 2.45) is 0 Å². The summed E-state index contributed by atoms with van der Waals surface area (Å²) in [6.45, 7) is 4.12. The van der Waals surface area contributed by atoms with Crippen LogP contribution in [0.3, 0.4) is 0 Å². The lowest BCUT2D eigenvalue weighted by atomic mass is 10.2. The van der Waals surface area contributed by atoms with Crippen molar-refractivity contribution in [1.82, 2.24) is 0 Å². The topological polar surface area (TPSA) is 75.7 Å². The number of aryl methyl sites for hydroxylation is 1. The number of hydrogen-bond donors (Lipinski definition) is 1. The normalized spacial score (nSPS) is 13.4. The Morgan fingerprint density at radius 2 is 1.71 bits per heavy atom. The maximum absolute atomic E-state index is 13.5. The number of rotatable bonds is 8. The number of esters is 1.